The van der Waals surface area contributed by atoms with Gasteiger partial charge in [-0.15, -0.1) is 0 Å². The number of methoxy groups -OCH3 is 5. The molecule has 9 nitrogen and oxygen atoms in total. The summed E-state index contributed by atoms with van der Waals surface area (Å²) in [6.45, 7) is -0.260. The van der Waals surface area contributed by atoms with E-state index in [1.54, 1.807) is 30.3 Å². The molecule has 2 aromatic carbocycles. The molecule has 0 aliphatic heterocycles. The Bertz CT molecular complexity index is 856. The third kappa shape index (κ3) is 5.22. The molecule has 0 saturated heterocycles. The summed E-state index contributed by atoms with van der Waals surface area (Å²) in [7, 11) is 7.14. The average molecular weight is 405 g/mol. The van der Waals surface area contributed by atoms with Gasteiger partial charge in [-0.1, -0.05) is 0 Å². The topological polar surface area (TPSA) is 102 Å². The zero-order valence-corrected chi connectivity index (χ0v) is 16.9. The van der Waals surface area contributed by atoms with E-state index in [2.05, 4.69) is 10.1 Å². The summed E-state index contributed by atoms with van der Waals surface area (Å²) >= 11 is 0. The van der Waals surface area contributed by atoms with Gasteiger partial charge < -0.3 is 33.7 Å². The van der Waals surface area contributed by atoms with Crippen LogP contribution in [0.3, 0.4) is 0 Å². The van der Waals surface area contributed by atoms with Gasteiger partial charge in [0.25, 0.3) is 5.91 Å². The molecular weight excluding hydrogens is 382 g/mol. The lowest BCUT2D eigenvalue weighted by molar-refractivity contribution is -0.142. The van der Waals surface area contributed by atoms with Gasteiger partial charge >= 0.3 is 5.97 Å². The number of carbonyl (C=O) groups is 2. The Morgan fingerprint density at radius 1 is 0.793 bits per heavy atom. The smallest absolute Gasteiger partial charge is 0.343 e. The van der Waals surface area contributed by atoms with Crippen LogP contribution in [0.15, 0.2) is 30.3 Å². The number of ether oxygens (including phenoxy) is 6. The number of carbonyl (C=O) groups excluding carboxylic acids is 2. The van der Waals surface area contributed by atoms with Crippen molar-refractivity contribution in [1.82, 2.24) is 0 Å². The van der Waals surface area contributed by atoms with Crippen LogP contribution >= 0.6 is 0 Å². The zero-order chi connectivity index (χ0) is 21.4. The van der Waals surface area contributed by atoms with Crippen LogP contribution in [0, 0.1) is 0 Å². The molecule has 1 N–H and O–H groups in total. The molecule has 29 heavy (non-hydrogen) atoms. The first kappa shape index (κ1) is 21.7. The Morgan fingerprint density at radius 3 is 1.93 bits per heavy atom. The third-order valence-corrected chi connectivity index (χ3v) is 3.92. The third-order valence-electron chi connectivity index (χ3n) is 3.92. The molecule has 0 fully saturated rings. The second kappa shape index (κ2) is 10.1. The fraction of sp³-hybridized carbons (Fsp3) is 0.300. The number of rotatable bonds is 9. The highest BCUT2D eigenvalue weighted by Gasteiger charge is 2.18. The molecule has 0 saturated carbocycles. The molecule has 2 rings (SSSR count). The van der Waals surface area contributed by atoms with Crippen molar-refractivity contribution in [3.8, 4) is 28.7 Å². The Morgan fingerprint density at radius 2 is 1.41 bits per heavy atom. The van der Waals surface area contributed by atoms with Crippen LogP contribution < -0.4 is 29.0 Å². The van der Waals surface area contributed by atoms with Crippen molar-refractivity contribution in [1.29, 1.82) is 0 Å². The van der Waals surface area contributed by atoms with Gasteiger partial charge in [-0.25, -0.2) is 4.79 Å². The van der Waals surface area contributed by atoms with E-state index in [9.17, 15) is 9.59 Å². The lowest BCUT2D eigenvalue weighted by atomic mass is 10.1. The summed E-state index contributed by atoms with van der Waals surface area (Å²) in [6.07, 6.45) is 0. The molecule has 0 unspecified atom stereocenters. The average Bonchev–Trinajstić information content (AvgIpc) is 2.76. The fourth-order valence-electron chi connectivity index (χ4n) is 2.48. The molecule has 0 atom stereocenters. The number of nitrogens with one attached hydrogen (secondary N) is 1. The number of amides is 1. The number of hydrogen-bond acceptors (Lipinski definition) is 8. The SMILES string of the molecule is COC(=O)COc1ccc(NC(=O)c2cc(OC)c(OC)c(OC)c2)cc1OC. The maximum atomic E-state index is 12.7. The molecule has 0 aliphatic rings. The van der Waals surface area contributed by atoms with Crippen molar-refractivity contribution in [2.24, 2.45) is 0 Å². The molecule has 0 aromatic heterocycles. The van der Waals surface area contributed by atoms with E-state index in [0.29, 0.717) is 40.0 Å². The molecule has 0 bridgehead atoms. The maximum Gasteiger partial charge on any atom is 0.343 e. The minimum Gasteiger partial charge on any atom is -0.493 e. The number of anilines is 1. The second-order valence-corrected chi connectivity index (χ2v) is 5.60. The van der Waals surface area contributed by atoms with Crippen LogP contribution in [0.5, 0.6) is 28.7 Å². The number of benzene rings is 2. The first-order valence-corrected chi connectivity index (χ1v) is 8.46. The molecule has 0 radical (unpaired) electrons. The fourth-order valence-corrected chi connectivity index (χ4v) is 2.48. The quantitative estimate of drug-likeness (QED) is 0.635. The Labute approximate surface area is 168 Å². The highest BCUT2D eigenvalue weighted by atomic mass is 16.6. The summed E-state index contributed by atoms with van der Waals surface area (Å²) in [5, 5.41) is 2.76. The molecule has 0 spiro atoms. The summed E-state index contributed by atoms with van der Waals surface area (Å²) in [5.41, 5.74) is 0.774. The summed E-state index contributed by atoms with van der Waals surface area (Å²) in [5.74, 6) is 0.879. The van der Waals surface area contributed by atoms with E-state index in [-0.39, 0.29) is 6.61 Å². The first-order valence-electron chi connectivity index (χ1n) is 8.46. The lowest BCUT2D eigenvalue weighted by Crippen LogP contribution is -2.14. The van der Waals surface area contributed by atoms with Crippen LogP contribution in [0.25, 0.3) is 0 Å². The minimum absolute atomic E-state index is 0.260. The van der Waals surface area contributed by atoms with Crippen molar-refractivity contribution >= 4 is 17.6 Å². The van der Waals surface area contributed by atoms with E-state index >= 15 is 0 Å². The van der Waals surface area contributed by atoms with Gasteiger partial charge in [0.2, 0.25) is 5.75 Å². The van der Waals surface area contributed by atoms with E-state index in [1.807, 2.05) is 0 Å². The number of hydrogen-bond donors (Lipinski definition) is 1. The van der Waals surface area contributed by atoms with Crippen LogP contribution in [-0.4, -0.2) is 54.0 Å². The molecule has 0 aliphatic carbocycles. The van der Waals surface area contributed by atoms with Gasteiger partial charge in [-0.05, 0) is 24.3 Å². The van der Waals surface area contributed by atoms with Gasteiger partial charge in [0.05, 0.1) is 35.5 Å². The highest BCUT2D eigenvalue weighted by Crippen LogP contribution is 2.38. The Kier molecular flexibility index (Phi) is 7.53. The lowest BCUT2D eigenvalue weighted by Gasteiger charge is -2.15. The molecule has 0 heterocycles. The predicted molar refractivity (Wildman–Crippen MR) is 105 cm³/mol. The molecule has 1 amide bonds. The highest BCUT2D eigenvalue weighted by molar-refractivity contribution is 6.05. The summed E-state index contributed by atoms with van der Waals surface area (Å²) < 4.78 is 30.9. The predicted octanol–water partition coefficient (Wildman–Crippen LogP) is 2.53. The second-order valence-electron chi connectivity index (χ2n) is 5.60. The van der Waals surface area contributed by atoms with Crippen molar-refractivity contribution < 1.29 is 38.0 Å². The summed E-state index contributed by atoms with van der Waals surface area (Å²) in [6, 6.07) is 7.85. The molecule has 156 valence electrons. The van der Waals surface area contributed by atoms with Crippen molar-refractivity contribution in [3.05, 3.63) is 35.9 Å². The van der Waals surface area contributed by atoms with Gasteiger partial charge in [-0.2, -0.15) is 0 Å². The van der Waals surface area contributed by atoms with Gasteiger partial charge in [0.15, 0.2) is 29.6 Å². The molecule has 9 heteroatoms. The normalized spacial score (nSPS) is 9.97. The van der Waals surface area contributed by atoms with Gasteiger partial charge in [0, 0.05) is 17.3 Å². The zero-order valence-electron chi connectivity index (χ0n) is 16.9. The molecular formula is C20H23NO8. The summed E-state index contributed by atoms with van der Waals surface area (Å²) in [4.78, 5) is 23.9. The van der Waals surface area contributed by atoms with E-state index in [4.69, 9.17) is 23.7 Å². The first-order chi connectivity index (χ1) is 14.0. The monoisotopic (exact) mass is 405 g/mol. The van der Waals surface area contributed by atoms with Crippen molar-refractivity contribution in [2.75, 3.05) is 47.5 Å². The van der Waals surface area contributed by atoms with Crippen LogP contribution in [-0.2, 0) is 9.53 Å². The Hall–Kier alpha value is -3.62. The standard InChI is InChI=1S/C20H23NO8/c1-24-15-10-13(6-7-14(15)29-11-18(22)27-4)21-20(23)12-8-16(25-2)19(28-5)17(9-12)26-3/h6-10H,11H2,1-5H3,(H,21,23). The largest absolute Gasteiger partial charge is 0.493 e. The van der Waals surface area contributed by atoms with E-state index < -0.39 is 11.9 Å². The maximum absolute atomic E-state index is 12.7. The Balaban J connectivity index is 2.23. The van der Waals surface area contributed by atoms with Gasteiger partial charge in [0.1, 0.15) is 0 Å². The van der Waals surface area contributed by atoms with Crippen LogP contribution in [0.2, 0.25) is 0 Å². The van der Waals surface area contributed by atoms with Crippen molar-refractivity contribution in [3.63, 3.8) is 0 Å². The van der Waals surface area contributed by atoms with Crippen LogP contribution in [0.4, 0.5) is 5.69 Å². The number of esters is 1. The minimum atomic E-state index is -0.521. The molecule has 2 aromatic rings. The van der Waals surface area contributed by atoms with Crippen molar-refractivity contribution in [2.45, 2.75) is 0 Å². The van der Waals surface area contributed by atoms with Crippen LogP contribution in [0.1, 0.15) is 10.4 Å². The van der Waals surface area contributed by atoms with E-state index in [1.165, 1.54) is 35.5 Å². The van der Waals surface area contributed by atoms with Gasteiger partial charge in [-0.3, -0.25) is 4.79 Å². The van der Waals surface area contributed by atoms with E-state index in [0.717, 1.165) is 0 Å².